The van der Waals surface area contributed by atoms with E-state index in [-0.39, 0.29) is 11.9 Å². The molecule has 0 bridgehead atoms. The number of rotatable bonds is 3. The van der Waals surface area contributed by atoms with Gasteiger partial charge in [-0.25, -0.2) is 4.79 Å². The van der Waals surface area contributed by atoms with Crippen LogP contribution in [0.1, 0.15) is 39.0 Å². The molecule has 2 amide bonds. The first-order valence-corrected chi connectivity index (χ1v) is 7.38. The Morgan fingerprint density at radius 1 is 1.16 bits per heavy atom. The highest BCUT2D eigenvalue weighted by molar-refractivity contribution is 5.77. The van der Waals surface area contributed by atoms with Gasteiger partial charge in [-0.3, -0.25) is 4.79 Å². The van der Waals surface area contributed by atoms with Crippen molar-refractivity contribution in [2.45, 2.75) is 39.0 Å². The van der Waals surface area contributed by atoms with Crippen molar-refractivity contribution in [3.8, 4) is 0 Å². The molecule has 5 nitrogen and oxygen atoms in total. The molecule has 5 heteroatoms. The number of amides is 2. The van der Waals surface area contributed by atoms with E-state index in [2.05, 4.69) is 6.92 Å². The molecule has 0 aromatic carbocycles. The Balaban J connectivity index is 1.87. The molecule has 2 aliphatic heterocycles. The standard InChI is InChI=1S/C14H24N2O3/c1-2-4-11-6-8-16(9-11)14(19)15-7-3-5-12(10-15)13(17)18/h11-12H,2-10H2,1H3,(H,17,18)/t11?,12-/m1/s1. The lowest BCUT2D eigenvalue weighted by Crippen LogP contribution is -2.48. The van der Waals surface area contributed by atoms with Crippen LogP contribution in [0.4, 0.5) is 4.79 Å². The zero-order chi connectivity index (χ0) is 13.8. The number of carboxylic acid groups (broad SMARTS) is 1. The Morgan fingerprint density at radius 3 is 2.58 bits per heavy atom. The summed E-state index contributed by atoms with van der Waals surface area (Å²) < 4.78 is 0. The third kappa shape index (κ3) is 3.39. The molecule has 0 saturated carbocycles. The minimum atomic E-state index is -0.775. The highest BCUT2D eigenvalue weighted by Gasteiger charge is 2.33. The average Bonchev–Trinajstić information content (AvgIpc) is 2.87. The van der Waals surface area contributed by atoms with Gasteiger partial charge >= 0.3 is 12.0 Å². The number of nitrogens with zero attached hydrogens (tertiary/aromatic N) is 2. The highest BCUT2D eigenvalue weighted by atomic mass is 16.4. The van der Waals surface area contributed by atoms with Crippen LogP contribution in [0.25, 0.3) is 0 Å². The monoisotopic (exact) mass is 268 g/mol. The van der Waals surface area contributed by atoms with Crippen molar-refractivity contribution < 1.29 is 14.7 Å². The first-order valence-electron chi connectivity index (χ1n) is 7.38. The molecule has 2 saturated heterocycles. The molecule has 0 aliphatic carbocycles. The molecule has 2 aliphatic rings. The minimum Gasteiger partial charge on any atom is -0.481 e. The molecule has 2 fully saturated rings. The number of hydrogen-bond donors (Lipinski definition) is 1. The van der Waals surface area contributed by atoms with Crippen LogP contribution in [-0.4, -0.2) is 53.1 Å². The summed E-state index contributed by atoms with van der Waals surface area (Å²) in [6.07, 6.45) is 4.93. The summed E-state index contributed by atoms with van der Waals surface area (Å²) in [4.78, 5) is 27.0. The minimum absolute atomic E-state index is 0.0459. The number of likely N-dealkylation sites (tertiary alicyclic amines) is 2. The van der Waals surface area contributed by atoms with E-state index in [4.69, 9.17) is 5.11 Å². The molecule has 2 heterocycles. The van der Waals surface area contributed by atoms with Crippen LogP contribution in [0.5, 0.6) is 0 Å². The van der Waals surface area contributed by atoms with Crippen LogP contribution < -0.4 is 0 Å². The quantitative estimate of drug-likeness (QED) is 0.852. The molecular formula is C14H24N2O3. The summed E-state index contributed by atoms with van der Waals surface area (Å²) in [5.41, 5.74) is 0. The lowest BCUT2D eigenvalue weighted by molar-refractivity contribution is -0.143. The molecule has 0 aromatic rings. The third-order valence-electron chi connectivity index (χ3n) is 4.29. The van der Waals surface area contributed by atoms with Crippen molar-refractivity contribution in [1.82, 2.24) is 9.80 Å². The van der Waals surface area contributed by atoms with Crippen molar-refractivity contribution in [3.05, 3.63) is 0 Å². The summed E-state index contributed by atoms with van der Waals surface area (Å²) in [7, 11) is 0. The zero-order valence-electron chi connectivity index (χ0n) is 11.7. The number of hydrogen-bond acceptors (Lipinski definition) is 2. The van der Waals surface area contributed by atoms with Crippen LogP contribution in [0.15, 0.2) is 0 Å². The molecule has 2 atom stereocenters. The van der Waals surface area contributed by atoms with Crippen LogP contribution in [0.2, 0.25) is 0 Å². The Morgan fingerprint density at radius 2 is 1.89 bits per heavy atom. The highest BCUT2D eigenvalue weighted by Crippen LogP contribution is 2.24. The van der Waals surface area contributed by atoms with E-state index in [1.54, 1.807) is 4.90 Å². The largest absolute Gasteiger partial charge is 0.481 e. The van der Waals surface area contributed by atoms with Crippen LogP contribution in [0, 0.1) is 11.8 Å². The number of carbonyl (C=O) groups is 2. The van der Waals surface area contributed by atoms with Gasteiger partial charge < -0.3 is 14.9 Å². The second kappa shape index (κ2) is 6.26. The normalized spacial score (nSPS) is 27.6. The van der Waals surface area contributed by atoms with Crippen molar-refractivity contribution in [2.75, 3.05) is 26.2 Å². The molecule has 1 unspecified atom stereocenters. The van der Waals surface area contributed by atoms with Gasteiger partial charge in [-0.05, 0) is 31.6 Å². The summed E-state index contributed by atoms with van der Waals surface area (Å²) in [6.45, 7) is 4.94. The van der Waals surface area contributed by atoms with Gasteiger partial charge in [0.1, 0.15) is 0 Å². The summed E-state index contributed by atoms with van der Waals surface area (Å²) in [6, 6.07) is 0.0459. The Hall–Kier alpha value is -1.26. The van der Waals surface area contributed by atoms with E-state index in [0.717, 1.165) is 32.4 Å². The molecule has 108 valence electrons. The predicted molar refractivity (Wildman–Crippen MR) is 71.9 cm³/mol. The van der Waals surface area contributed by atoms with Gasteiger partial charge in [0.25, 0.3) is 0 Å². The van der Waals surface area contributed by atoms with Gasteiger partial charge in [-0.15, -0.1) is 0 Å². The maximum atomic E-state index is 12.4. The third-order valence-corrected chi connectivity index (χ3v) is 4.29. The van der Waals surface area contributed by atoms with Crippen molar-refractivity contribution >= 4 is 12.0 Å². The number of aliphatic carboxylic acids is 1. The molecule has 0 spiro atoms. The lowest BCUT2D eigenvalue weighted by Gasteiger charge is -2.33. The molecule has 0 aromatic heterocycles. The van der Waals surface area contributed by atoms with Gasteiger partial charge in [0, 0.05) is 26.2 Å². The second-order valence-corrected chi connectivity index (χ2v) is 5.80. The number of carboxylic acids is 1. The number of piperidine rings is 1. The maximum absolute atomic E-state index is 12.4. The van der Waals surface area contributed by atoms with Gasteiger partial charge in [0.2, 0.25) is 0 Å². The predicted octanol–water partition coefficient (Wildman–Crippen LogP) is 2.03. The van der Waals surface area contributed by atoms with Gasteiger partial charge in [0.15, 0.2) is 0 Å². The van der Waals surface area contributed by atoms with Gasteiger partial charge in [0.05, 0.1) is 5.92 Å². The fourth-order valence-electron chi connectivity index (χ4n) is 3.20. The Labute approximate surface area is 114 Å². The lowest BCUT2D eigenvalue weighted by atomic mass is 9.99. The van der Waals surface area contributed by atoms with Crippen molar-refractivity contribution in [3.63, 3.8) is 0 Å². The van der Waals surface area contributed by atoms with Crippen molar-refractivity contribution in [1.29, 1.82) is 0 Å². The van der Waals surface area contributed by atoms with Crippen LogP contribution in [0.3, 0.4) is 0 Å². The average molecular weight is 268 g/mol. The van der Waals surface area contributed by atoms with E-state index in [9.17, 15) is 9.59 Å². The fourth-order valence-corrected chi connectivity index (χ4v) is 3.20. The summed E-state index contributed by atoms with van der Waals surface area (Å²) >= 11 is 0. The molecule has 2 rings (SSSR count). The summed E-state index contributed by atoms with van der Waals surface area (Å²) in [5.74, 6) is -0.525. The smallest absolute Gasteiger partial charge is 0.320 e. The van der Waals surface area contributed by atoms with Crippen LogP contribution in [-0.2, 0) is 4.79 Å². The summed E-state index contributed by atoms with van der Waals surface area (Å²) in [5, 5.41) is 9.06. The number of carbonyl (C=O) groups excluding carboxylic acids is 1. The second-order valence-electron chi connectivity index (χ2n) is 5.80. The van der Waals surface area contributed by atoms with Crippen molar-refractivity contribution in [2.24, 2.45) is 11.8 Å². The van der Waals surface area contributed by atoms with Gasteiger partial charge in [-0.1, -0.05) is 13.3 Å². The molecule has 1 N–H and O–H groups in total. The topological polar surface area (TPSA) is 60.9 Å². The van der Waals surface area contributed by atoms with Gasteiger partial charge in [-0.2, -0.15) is 0 Å². The number of urea groups is 1. The van der Waals surface area contributed by atoms with E-state index >= 15 is 0 Å². The zero-order valence-corrected chi connectivity index (χ0v) is 11.7. The fraction of sp³-hybridized carbons (Fsp3) is 0.857. The van der Waals surface area contributed by atoms with E-state index < -0.39 is 5.97 Å². The van der Waals surface area contributed by atoms with E-state index in [0.29, 0.717) is 25.4 Å². The maximum Gasteiger partial charge on any atom is 0.320 e. The SMILES string of the molecule is CCCC1CCN(C(=O)N2CCC[C@@H](C(=O)O)C2)C1. The molecule has 19 heavy (non-hydrogen) atoms. The molecular weight excluding hydrogens is 244 g/mol. The van der Waals surface area contributed by atoms with Crippen LogP contribution >= 0.6 is 0 Å². The van der Waals surface area contributed by atoms with E-state index in [1.165, 1.54) is 6.42 Å². The Bertz CT molecular complexity index is 346. The first-order chi connectivity index (χ1) is 9.11. The Kier molecular flexibility index (Phi) is 4.66. The first kappa shape index (κ1) is 14.2. The van der Waals surface area contributed by atoms with E-state index in [1.807, 2.05) is 4.90 Å². The molecule has 0 radical (unpaired) electrons.